The van der Waals surface area contributed by atoms with Crippen LogP contribution in [0.4, 0.5) is 5.69 Å². The number of anilines is 1. The van der Waals surface area contributed by atoms with Gasteiger partial charge in [0.2, 0.25) is 5.91 Å². The molecule has 0 spiro atoms. The average molecular weight is 288 g/mol. The number of carbonyl (C=O) groups is 1. The summed E-state index contributed by atoms with van der Waals surface area (Å²) in [6.45, 7) is 5.43. The minimum Gasteiger partial charge on any atom is -0.326 e. The first-order valence-corrected chi connectivity index (χ1v) is 6.96. The summed E-state index contributed by atoms with van der Waals surface area (Å²) in [6.07, 6.45) is 0. The number of hydrogen-bond donors (Lipinski definition) is 2. The molecule has 1 atom stereocenters. The number of tetrazole rings is 1. The largest absolute Gasteiger partial charge is 0.326 e. The number of rotatable bonds is 6. The fourth-order valence-corrected chi connectivity index (χ4v) is 1.93. The van der Waals surface area contributed by atoms with Crippen molar-refractivity contribution in [3.63, 3.8) is 0 Å². The van der Waals surface area contributed by atoms with Crippen LogP contribution in [0.1, 0.15) is 13.8 Å². The first kappa shape index (κ1) is 15.1. The van der Waals surface area contributed by atoms with Crippen molar-refractivity contribution in [3.8, 4) is 11.4 Å². The number of nitrogens with one attached hydrogen (secondary N) is 2. The van der Waals surface area contributed by atoms with E-state index < -0.39 is 0 Å². The molecule has 2 aromatic rings. The summed E-state index contributed by atoms with van der Waals surface area (Å²) >= 11 is 0. The Morgan fingerprint density at radius 3 is 2.90 bits per heavy atom. The van der Waals surface area contributed by atoms with Crippen molar-refractivity contribution in [1.29, 1.82) is 0 Å². The lowest BCUT2D eigenvalue weighted by Crippen LogP contribution is -2.30. The normalized spacial score (nSPS) is 12.1. The van der Waals surface area contributed by atoms with Crippen LogP contribution in [-0.4, -0.2) is 39.2 Å². The molecule has 2 rings (SSSR count). The molecule has 1 heterocycles. The number of aromatic nitrogens is 4. The molecule has 2 N–H and O–H groups in total. The zero-order valence-electron chi connectivity index (χ0n) is 12.5. The molecule has 0 bridgehead atoms. The third-order valence-electron chi connectivity index (χ3n) is 3.16. The molecule has 1 unspecified atom stereocenters. The smallest absolute Gasteiger partial charge is 0.228 e. The van der Waals surface area contributed by atoms with E-state index in [0.717, 1.165) is 17.8 Å². The first-order chi connectivity index (χ1) is 10.1. The van der Waals surface area contributed by atoms with Crippen LogP contribution in [-0.2, 0) is 11.8 Å². The molecule has 1 aromatic carbocycles. The van der Waals surface area contributed by atoms with Crippen molar-refractivity contribution in [2.45, 2.75) is 13.8 Å². The van der Waals surface area contributed by atoms with Crippen LogP contribution in [0.3, 0.4) is 0 Å². The van der Waals surface area contributed by atoms with Crippen LogP contribution >= 0.6 is 0 Å². The fraction of sp³-hybridized carbons (Fsp3) is 0.429. The summed E-state index contributed by atoms with van der Waals surface area (Å²) in [4.78, 5) is 12.1. The molecular formula is C14H20N6O. The van der Waals surface area contributed by atoms with Gasteiger partial charge in [0.05, 0.1) is 0 Å². The molecule has 7 heteroatoms. The molecule has 1 amide bonds. The van der Waals surface area contributed by atoms with E-state index in [2.05, 4.69) is 26.2 Å². The lowest BCUT2D eigenvalue weighted by atomic mass is 10.1. The molecule has 7 nitrogen and oxygen atoms in total. The van der Waals surface area contributed by atoms with Crippen molar-refractivity contribution in [3.05, 3.63) is 24.3 Å². The van der Waals surface area contributed by atoms with Gasteiger partial charge in [-0.2, -0.15) is 0 Å². The molecular weight excluding hydrogens is 268 g/mol. The number of carbonyl (C=O) groups excluding carboxylic acids is 1. The average Bonchev–Trinajstić information content (AvgIpc) is 2.91. The highest BCUT2D eigenvalue weighted by molar-refractivity contribution is 5.93. The monoisotopic (exact) mass is 288 g/mol. The third kappa shape index (κ3) is 3.85. The Morgan fingerprint density at radius 1 is 1.43 bits per heavy atom. The van der Waals surface area contributed by atoms with Crippen molar-refractivity contribution < 1.29 is 4.79 Å². The van der Waals surface area contributed by atoms with E-state index in [0.29, 0.717) is 12.4 Å². The maximum absolute atomic E-state index is 12.1. The van der Waals surface area contributed by atoms with Gasteiger partial charge in [0.25, 0.3) is 0 Å². The van der Waals surface area contributed by atoms with Crippen LogP contribution in [0, 0.1) is 5.92 Å². The number of benzene rings is 1. The molecule has 21 heavy (non-hydrogen) atoms. The standard InChI is InChI=1S/C14H20N6O/c1-4-15-9-10(2)14(21)16-12-7-5-6-11(8-12)13-17-18-19-20(13)3/h5-8,10,15H,4,9H2,1-3H3,(H,16,21). The van der Waals surface area contributed by atoms with Crippen LogP contribution in [0.15, 0.2) is 24.3 Å². The Morgan fingerprint density at radius 2 is 2.24 bits per heavy atom. The summed E-state index contributed by atoms with van der Waals surface area (Å²) in [5.41, 5.74) is 1.60. The Bertz CT molecular complexity index is 609. The Labute approximate surface area is 123 Å². The first-order valence-electron chi connectivity index (χ1n) is 6.96. The second-order valence-corrected chi connectivity index (χ2v) is 4.90. The van der Waals surface area contributed by atoms with E-state index in [4.69, 9.17) is 0 Å². The third-order valence-corrected chi connectivity index (χ3v) is 3.16. The van der Waals surface area contributed by atoms with Crippen LogP contribution in [0.25, 0.3) is 11.4 Å². The van der Waals surface area contributed by atoms with E-state index in [1.165, 1.54) is 0 Å². The van der Waals surface area contributed by atoms with Crippen LogP contribution in [0.5, 0.6) is 0 Å². The van der Waals surface area contributed by atoms with Crippen molar-refractivity contribution in [2.75, 3.05) is 18.4 Å². The fourth-order valence-electron chi connectivity index (χ4n) is 1.93. The SMILES string of the molecule is CCNCC(C)C(=O)Nc1cccc(-c2nnnn2C)c1. The summed E-state index contributed by atoms with van der Waals surface area (Å²) in [6, 6.07) is 7.49. The predicted octanol–water partition coefficient (Wildman–Crippen LogP) is 1.06. The van der Waals surface area contributed by atoms with Gasteiger partial charge < -0.3 is 10.6 Å². The van der Waals surface area contributed by atoms with Crippen molar-refractivity contribution >= 4 is 11.6 Å². The van der Waals surface area contributed by atoms with Gasteiger partial charge in [-0.15, -0.1) is 5.10 Å². The molecule has 0 aliphatic carbocycles. The summed E-state index contributed by atoms with van der Waals surface area (Å²) in [7, 11) is 1.78. The second-order valence-electron chi connectivity index (χ2n) is 4.90. The van der Waals surface area contributed by atoms with E-state index in [1.807, 2.05) is 38.1 Å². The maximum atomic E-state index is 12.1. The van der Waals surface area contributed by atoms with E-state index >= 15 is 0 Å². The highest BCUT2D eigenvalue weighted by atomic mass is 16.1. The van der Waals surface area contributed by atoms with Gasteiger partial charge in [-0.1, -0.05) is 26.0 Å². The van der Waals surface area contributed by atoms with E-state index in [9.17, 15) is 4.79 Å². The van der Waals surface area contributed by atoms with Gasteiger partial charge in [-0.3, -0.25) is 4.79 Å². The molecule has 0 radical (unpaired) electrons. The lowest BCUT2D eigenvalue weighted by Gasteiger charge is -2.13. The number of aryl methyl sites for hydroxylation is 1. The topological polar surface area (TPSA) is 84.7 Å². The predicted molar refractivity (Wildman–Crippen MR) is 80.6 cm³/mol. The Balaban J connectivity index is 2.08. The van der Waals surface area contributed by atoms with Gasteiger partial charge in [-0.25, -0.2) is 4.68 Å². The molecule has 1 aromatic heterocycles. The highest BCUT2D eigenvalue weighted by Crippen LogP contribution is 2.19. The number of amides is 1. The number of hydrogen-bond acceptors (Lipinski definition) is 5. The van der Waals surface area contributed by atoms with E-state index in [1.54, 1.807) is 11.7 Å². The molecule has 0 fully saturated rings. The van der Waals surface area contributed by atoms with Crippen molar-refractivity contribution in [2.24, 2.45) is 13.0 Å². The zero-order valence-corrected chi connectivity index (χ0v) is 12.5. The van der Waals surface area contributed by atoms with Crippen LogP contribution in [0.2, 0.25) is 0 Å². The minimum absolute atomic E-state index is 0.0100. The summed E-state index contributed by atoms with van der Waals surface area (Å²) < 4.78 is 1.59. The molecule has 0 saturated carbocycles. The molecule has 0 aliphatic heterocycles. The molecule has 0 aliphatic rings. The maximum Gasteiger partial charge on any atom is 0.228 e. The van der Waals surface area contributed by atoms with Gasteiger partial charge in [0.1, 0.15) is 0 Å². The number of nitrogens with zero attached hydrogens (tertiary/aromatic N) is 4. The summed E-state index contributed by atoms with van der Waals surface area (Å²) in [5.74, 6) is 0.557. The van der Waals surface area contributed by atoms with Gasteiger partial charge in [-0.05, 0) is 29.1 Å². The Hall–Kier alpha value is -2.28. The molecule has 0 saturated heterocycles. The molecule has 112 valence electrons. The second kappa shape index (κ2) is 6.94. The van der Waals surface area contributed by atoms with Crippen LogP contribution < -0.4 is 10.6 Å². The Kier molecular flexibility index (Phi) is 4.99. The van der Waals surface area contributed by atoms with Gasteiger partial charge in [0.15, 0.2) is 5.82 Å². The lowest BCUT2D eigenvalue weighted by molar-refractivity contribution is -0.119. The highest BCUT2D eigenvalue weighted by Gasteiger charge is 2.13. The van der Waals surface area contributed by atoms with Gasteiger partial charge in [0, 0.05) is 30.8 Å². The van der Waals surface area contributed by atoms with Gasteiger partial charge >= 0.3 is 0 Å². The van der Waals surface area contributed by atoms with E-state index in [-0.39, 0.29) is 11.8 Å². The van der Waals surface area contributed by atoms with Crippen molar-refractivity contribution in [1.82, 2.24) is 25.5 Å². The zero-order chi connectivity index (χ0) is 15.2. The summed E-state index contributed by atoms with van der Waals surface area (Å²) in [5, 5.41) is 17.5. The minimum atomic E-state index is -0.0925. The quantitative estimate of drug-likeness (QED) is 0.830.